The van der Waals surface area contributed by atoms with E-state index < -0.39 is 0 Å². The number of amides is 1. The standard InChI is InChI=1S/C21H26ClN3O2/c1-16(21(26)23-15-17-7-9-18(27-2)10-8-17)24-11-13-25(14-12-24)20-6-4-3-5-19(20)22/h3-10,16H,11-15H2,1-2H3,(H,23,26)/p+1/t16-/m1/s1. The maximum Gasteiger partial charge on any atom is 0.278 e. The zero-order valence-corrected chi connectivity index (χ0v) is 16.6. The number of quaternary nitrogens is 1. The maximum absolute atomic E-state index is 12.6. The van der Waals surface area contributed by atoms with E-state index in [2.05, 4.69) is 16.3 Å². The Kier molecular flexibility index (Phi) is 6.58. The van der Waals surface area contributed by atoms with E-state index >= 15 is 0 Å². The van der Waals surface area contributed by atoms with Crippen LogP contribution < -0.4 is 19.9 Å². The summed E-state index contributed by atoms with van der Waals surface area (Å²) in [6, 6.07) is 15.6. The number of nitrogens with one attached hydrogen (secondary N) is 2. The molecule has 2 aromatic carbocycles. The second-order valence-corrected chi connectivity index (χ2v) is 7.29. The van der Waals surface area contributed by atoms with Crippen molar-refractivity contribution in [1.82, 2.24) is 5.32 Å². The van der Waals surface area contributed by atoms with Crippen LogP contribution in [-0.2, 0) is 11.3 Å². The molecule has 1 heterocycles. The zero-order chi connectivity index (χ0) is 19.2. The maximum atomic E-state index is 12.6. The number of hydrogen-bond donors (Lipinski definition) is 2. The van der Waals surface area contributed by atoms with Crippen LogP contribution in [0.3, 0.4) is 0 Å². The molecule has 0 aliphatic carbocycles. The fraction of sp³-hybridized carbons (Fsp3) is 0.381. The molecule has 5 nitrogen and oxygen atoms in total. The Labute approximate surface area is 165 Å². The smallest absolute Gasteiger partial charge is 0.278 e. The molecule has 6 heteroatoms. The number of rotatable bonds is 6. The molecule has 0 bridgehead atoms. The second kappa shape index (κ2) is 9.11. The minimum Gasteiger partial charge on any atom is -0.497 e. The van der Waals surface area contributed by atoms with E-state index in [1.54, 1.807) is 7.11 Å². The molecule has 0 saturated carbocycles. The van der Waals surface area contributed by atoms with Gasteiger partial charge in [0.2, 0.25) is 0 Å². The van der Waals surface area contributed by atoms with Gasteiger partial charge in [0.1, 0.15) is 5.75 Å². The minimum atomic E-state index is -0.0726. The van der Waals surface area contributed by atoms with Crippen molar-refractivity contribution in [1.29, 1.82) is 0 Å². The number of benzene rings is 2. The van der Waals surface area contributed by atoms with Gasteiger partial charge in [-0.3, -0.25) is 4.79 Å². The number of anilines is 1. The number of ether oxygens (including phenoxy) is 1. The highest BCUT2D eigenvalue weighted by atomic mass is 35.5. The number of nitrogens with zero attached hydrogens (tertiary/aromatic N) is 1. The van der Waals surface area contributed by atoms with Gasteiger partial charge in [-0.05, 0) is 36.8 Å². The van der Waals surface area contributed by atoms with Crippen LogP contribution in [0.2, 0.25) is 5.02 Å². The normalized spacial score (nSPS) is 16.0. The Morgan fingerprint density at radius 1 is 1.19 bits per heavy atom. The molecule has 144 valence electrons. The first-order chi connectivity index (χ1) is 13.1. The van der Waals surface area contributed by atoms with Crippen LogP contribution >= 0.6 is 11.6 Å². The van der Waals surface area contributed by atoms with Crippen molar-refractivity contribution in [2.75, 3.05) is 38.2 Å². The molecule has 1 amide bonds. The quantitative estimate of drug-likeness (QED) is 0.792. The van der Waals surface area contributed by atoms with Crippen molar-refractivity contribution in [3.05, 3.63) is 59.1 Å². The number of para-hydroxylation sites is 1. The van der Waals surface area contributed by atoms with Crippen LogP contribution in [0.4, 0.5) is 5.69 Å². The lowest BCUT2D eigenvalue weighted by molar-refractivity contribution is -0.914. The number of hydrogen-bond acceptors (Lipinski definition) is 3. The molecule has 2 aromatic rings. The number of methoxy groups -OCH3 is 1. The van der Waals surface area contributed by atoms with Crippen LogP contribution in [0.1, 0.15) is 12.5 Å². The lowest BCUT2D eigenvalue weighted by Crippen LogP contribution is -3.19. The number of carbonyl (C=O) groups is 1. The van der Waals surface area contributed by atoms with Crippen molar-refractivity contribution < 1.29 is 14.4 Å². The fourth-order valence-electron chi connectivity index (χ4n) is 3.45. The van der Waals surface area contributed by atoms with Gasteiger partial charge in [-0.25, -0.2) is 0 Å². The minimum absolute atomic E-state index is 0.0726. The molecule has 2 N–H and O–H groups in total. The third-order valence-electron chi connectivity index (χ3n) is 5.23. The van der Waals surface area contributed by atoms with Gasteiger partial charge in [0.15, 0.2) is 6.04 Å². The largest absolute Gasteiger partial charge is 0.497 e. The topological polar surface area (TPSA) is 46.0 Å². The molecule has 1 fully saturated rings. The lowest BCUT2D eigenvalue weighted by Gasteiger charge is -2.36. The van der Waals surface area contributed by atoms with E-state index in [9.17, 15) is 4.79 Å². The molecule has 0 radical (unpaired) electrons. The van der Waals surface area contributed by atoms with Crippen LogP contribution in [0, 0.1) is 0 Å². The SMILES string of the molecule is COc1ccc(CNC(=O)[C@@H](C)[NH+]2CCN(c3ccccc3Cl)CC2)cc1. The van der Waals surface area contributed by atoms with Gasteiger partial charge in [0.25, 0.3) is 5.91 Å². The van der Waals surface area contributed by atoms with Crippen molar-refractivity contribution in [2.24, 2.45) is 0 Å². The molecule has 1 saturated heterocycles. The molecule has 0 aromatic heterocycles. The van der Waals surface area contributed by atoms with Crippen molar-refractivity contribution in [2.45, 2.75) is 19.5 Å². The monoisotopic (exact) mass is 388 g/mol. The Morgan fingerprint density at radius 2 is 1.85 bits per heavy atom. The van der Waals surface area contributed by atoms with Crippen LogP contribution in [-0.4, -0.2) is 45.2 Å². The summed E-state index contributed by atoms with van der Waals surface area (Å²) in [5.41, 5.74) is 2.14. The number of piperazine rings is 1. The Balaban J connectivity index is 1.48. The molecule has 0 unspecified atom stereocenters. The molecule has 3 rings (SSSR count). The highest BCUT2D eigenvalue weighted by Gasteiger charge is 2.29. The lowest BCUT2D eigenvalue weighted by atomic mass is 10.1. The number of halogens is 1. The summed E-state index contributed by atoms with van der Waals surface area (Å²) < 4.78 is 5.16. The molecule has 1 aliphatic rings. The number of carbonyl (C=O) groups excluding carboxylic acids is 1. The van der Waals surface area contributed by atoms with Crippen molar-refractivity contribution in [3.63, 3.8) is 0 Å². The van der Waals surface area contributed by atoms with E-state index in [1.807, 2.05) is 49.4 Å². The van der Waals surface area contributed by atoms with Gasteiger partial charge in [-0.2, -0.15) is 0 Å². The van der Waals surface area contributed by atoms with E-state index in [0.717, 1.165) is 48.2 Å². The molecule has 1 aliphatic heterocycles. The van der Waals surface area contributed by atoms with Crippen molar-refractivity contribution in [3.8, 4) is 5.75 Å². The third kappa shape index (κ3) is 4.93. The van der Waals surface area contributed by atoms with E-state index in [1.165, 1.54) is 4.90 Å². The van der Waals surface area contributed by atoms with Gasteiger partial charge < -0.3 is 19.9 Å². The average molecular weight is 389 g/mol. The summed E-state index contributed by atoms with van der Waals surface area (Å²) in [5, 5.41) is 3.83. The van der Waals surface area contributed by atoms with E-state index in [-0.39, 0.29) is 11.9 Å². The molecular formula is C21H27ClN3O2+. The molecule has 27 heavy (non-hydrogen) atoms. The highest BCUT2D eigenvalue weighted by Crippen LogP contribution is 2.24. The summed E-state index contributed by atoms with van der Waals surface area (Å²) in [4.78, 5) is 16.2. The van der Waals surface area contributed by atoms with Gasteiger partial charge in [-0.15, -0.1) is 0 Å². The summed E-state index contributed by atoms with van der Waals surface area (Å²) in [7, 11) is 1.65. The van der Waals surface area contributed by atoms with Crippen LogP contribution in [0.5, 0.6) is 5.75 Å². The van der Waals surface area contributed by atoms with E-state index in [4.69, 9.17) is 16.3 Å². The van der Waals surface area contributed by atoms with Gasteiger partial charge in [0.05, 0.1) is 44.0 Å². The first-order valence-corrected chi connectivity index (χ1v) is 9.71. The van der Waals surface area contributed by atoms with E-state index in [0.29, 0.717) is 6.54 Å². The molecule has 1 atom stereocenters. The molecule has 0 spiro atoms. The van der Waals surface area contributed by atoms with Gasteiger partial charge >= 0.3 is 0 Å². The first kappa shape index (κ1) is 19.5. The highest BCUT2D eigenvalue weighted by molar-refractivity contribution is 6.33. The summed E-state index contributed by atoms with van der Waals surface area (Å²) >= 11 is 6.31. The predicted octanol–water partition coefficient (Wildman–Crippen LogP) is 1.76. The predicted molar refractivity (Wildman–Crippen MR) is 109 cm³/mol. The molecular weight excluding hydrogens is 362 g/mol. The fourth-order valence-corrected chi connectivity index (χ4v) is 3.70. The Morgan fingerprint density at radius 3 is 2.48 bits per heavy atom. The summed E-state index contributed by atoms with van der Waals surface area (Å²) in [6.07, 6.45) is 0. The Bertz CT molecular complexity index is 758. The van der Waals surface area contributed by atoms with Crippen LogP contribution in [0.15, 0.2) is 48.5 Å². The Hall–Kier alpha value is -2.24. The van der Waals surface area contributed by atoms with Gasteiger partial charge in [-0.1, -0.05) is 35.9 Å². The van der Waals surface area contributed by atoms with Crippen LogP contribution in [0.25, 0.3) is 0 Å². The zero-order valence-electron chi connectivity index (χ0n) is 15.9. The summed E-state index contributed by atoms with van der Waals surface area (Å²) in [6.45, 7) is 6.17. The van der Waals surface area contributed by atoms with Crippen molar-refractivity contribution >= 4 is 23.2 Å². The summed E-state index contributed by atoms with van der Waals surface area (Å²) in [5.74, 6) is 0.909. The second-order valence-electron chi connectivity index (χ2n) is 6.88. The van der Waals surface area contributed by atoms with Gasteiger partial charge in [0, 0.05) is 6.54 Å². The first-order valence-electron chi connectivity index (χ1n) is 9.33. The average Bonchev–Trinajstić information content (AvgIpc) is 2.72. The third-order valence-corrected chi connectivity index (χ3v) is 5.55.